The quantitative estimate of drug-likeness (QED) is 0.710. The zero-order valence-electron chi connectivity index (χ0n) is 10.8. The lowest BCUT2D eigenvalue weighted by atomic mass is 10.1. The van der Waals surface area contributed by atoms with E-state index in [0.717, 1.165) is 23.1 Å². The maximum Gasteiger partial charge on any atom is 0.187 e. The molecule has 0 radical (unpaired) electrons. The first kappa shape index (κ1) is 15.1. The molecule has 0 aromatic carbocycles. The summed E-state index contributed by atoms with van der Waals surface area (Å²) < 4.78 is 0. The first-order valence-electron chi connectivity index (χ1n) is 5.90. The summed E-state index contributed by atoms with van der Waals surface area (Å²) in [6.45, 7) is 10.9. The number of rotatable bonds is 6. The van der Waals surface area contributed by atoms with Gasteiger partial charge in [0, 0.05) is 13.1 Å². The lowest BCUT2D eigenvalue weighted by Crippen LogP contribution is -2.31. The SMILES string of the molecule is CC(C)CN(CC(C)C)c1nc(Cl)c(CCl)s1. The van der Waals surface area contributed by atoms with E-state index in [-0.39, 0.29) is 0 Å². The van der Waals surface area contributed by atoms with Crippen molar-refractivity contribution in [2.45, 2.75) is 33.6 Å². The van der Waals surface area contributed by atoms with E-state index in [1.54, 1.807) is 11.3 Å². The first-order chi connectivity index (χ1) is 7.93. The van der Waals surface area contributed by atoms with E-state index in [0.29, 0.717) is 22.9 Å². The van der Waals surface area contributed by atoms with Crippen LogP contribution in [0.25, 0.3) is 0 Å². The normalized spacial score (nSPS) is 11.5. The Morgan fingerprint density at radius 2 is 1.71 bits per heavy atom. The average Bonchev–Trinajstić information content (AvgIpc) is 2.57. The molecular formula is C12H20Cl2N2S. The highest BCUT2D eigenvalue weighted by molar-refractivity contribution is 7.16. The third-order valence-corrected chi connectivity index (χ3v) is 4.17. The fraction of sp³-hybridized carbons (Fsp3) is 0.750. The van der Waals surface area contributed by atoms with E-state index < -0.39 is 0 Å². The highest BCUT2D eigenvalue weighted by atomic mass is 35.5. The lowest BCUT2D eigenvalue weighted by molar-refractivity contribution is 0.552. The molecule has 17 heavy (non-hydrogen) atoms. The van der Waals surface area contributed by atoms with E-state index in [4.69, 9.17) is 23.2 Å². The number of aromatic nitrogens is 1. The van der Waals surface area contributed by atoms with Crippen LogP contribution >= 0.6 is 34.5 Å². The van der Waals surface area contributed by atoms with Gasteiger partial charge in [-0.1, -0.05) is 50.6 Å². The Bertz CT molecular complexity index is 340. The molecule has 0 saturated heterocycles. The number of thiazole rings is 1. The Balaban J connectivity index is 2.87. The summed E-state index contributed by atoms with van der Waals surface area (Å²) in [7, 11) is 0. The van der Waals surface area contributed by atoms with Gasteiger partial charge in [0.25, 0.3) is 0 Å². The topological polar surface area (TPSA) is 16.1 Å². The molecule has 0 unspecified atom stereocenters. The minimum Gasteiger partial charge on any atom is -0.348 e. The van der Waals surface area contributed by atoms with Crippen LogP contribution < -0.4 is 4.90 Å². The van der Waals surface area contributed by atoms with Crippen LogP contribution in [0.1, 0.15) is 32.6 Å². The number of alkyl halides is 1. The zero-order valence-corrected chi connectivity index (χ0v) is 13.2. The van der Waals surface area contributed by atoms with Crippen molar-refractivity contribution in [3.05, 3.63) is 10.0 Å². The molecule has 0 aliphatic carbocycles. The molecule has 0 aliphatic rings. The predicted octanol–water partition coefficient (Wildman–Crippen LogP) is 4.65. The van der Waals surface area contributed by atoms with E-state index in [1.165, 1.54) is 0 Å². The molecule has 1 aromatic heterocycles. The van der Waals surface area contributed by atoms with Crippen LogP contribution in [0.4, 0.5) is 5.13 Å². The van der Waals surface area contributed by atoms with Crippen molar-refractivity contribution >= 4 is 39.7 Å². The van der Waals surface area contributed by atoms with Gasteiger partial charge in [0.15, 0.2) is 5.13 Å². The fourth-order valence-corrected chi connectivity index (χ4v) is 3.14. The first-order valence-corrected chi connectivity index (χ1v) is 7.63. The number of anilines is 1. The van der Waals surface area contributed by atoms with Crippen molar-refractivity contribution < 1.29 is 0 Å². The number of hydrogen-bond acceptors (Lipinski definition) is 3. The smallest absolute Gasteiger partial charge is 0.187 e. The summed E-state index contributed by atoms with van der Waals surface area (Å²) in [5, 5.41) is 1.55. The second-order valence-corrected chi connectivity index (χ2v) is 6.72. The van der Waals surface area contributed by atoms with Gasteiger partial charge in [0.05, 0.1) is 10.8 Å². The molecule has 0 N–H and O–H groups in total. The van der Waals surface area contributed by atoms with Gasteiger partial charge in [0.1, 0.15) is 5.15 Å². The van der Waals surface area contributed by atoms with Crippen molar-refractivity contribution in [3.63, 3.8) is 0 Å². The molecule has 1 heterocycles. The Morgan fingerprint density at radius 3 is 2.06 bits per heavy atom. The van der Waals surface area contributed by atoms with Gasteiger partial charge in [-0.3, -0.25) is 0 Å². The summed E-state index contributed by atoms with van der Waals surface area (Å²) in [5.74, 6) is 1.65. The summed E-state index contributed by atoms with van der Waals surface area (Å²) >= 11 is 13.5. The molecule has 0 fully saturated rings. The summed E-state index contributed by atoms with van der Waals surface area (Å²) in [6, 6.07) is 0. The Kier molecular flexibility index (Phi) is 6.04. The fourth-order valence-electron chi connectivity index (χ4n) is 1.65. The third-order valence-electron chi connectivity index (χ3n) is 2.20. The van der Waals surface area contributed by atoms with Gasteiger partial charge in [-0.2, -0.15) is 0 Å². The predicted molar refractivity (Wildman–Crippen MR) is 78.6 cm³/mol. The van der Waals surface area contributed by atoms with Gasteiger partial charge in [0.2, 0.25) is 0 Å². The van der Waals surface area contributed by atoms with Crippen LogP contribution in [0.15, 0.2) is 0 Å². The molecule has 0 saturated carbocycles. The summed E-state index contributed by atoms with van der Waals surface area (Å²) in [6.07, 6.45) is 0. The van der Waals surface area contributed by atoms with Crippen LogP contribution in [0.5, 0.6) is 0 Å². The molecule has 1 aromatic rings. The average molecular weight is 295 g/mol. The molecule has 0 spiro atoms. The molecule has 5 heteroatoms. The van der Waals surface area contributed by atoms with E-state index >= 15 is 0 Å². The monoisotopic (exact) mass is 294 g/mol. The van der Waals surface area contributed by atoms with Gasteiger partial charge >= 0.3 is 0 Å². The maximum absolute atomic E-state index is 6.05. The maximum atomic E-state index is 6.05. The minimum atomic E-state index is 0.438. The van der Waals surface area contributed by atoms with Crippen LogP contribution in [0.3, 0.4) is 0 Å². The Morgan fingerprint density at radius 1 is 1.18 bits per heavy atom. The molecule has 0 atom stereocenters. The van der Waals surface area contributed by atoms with E-state index in [2.05, 4.69) is 37.6 Å². The van der Waals surface area contributed by atoms with E-state index in [1.807, 2.05) is 0 Å². The van der Waals surface area contributed by atoms with Crippen LogP contribution in [0, 0.1) is 11.8 Å². The lowest BCUT2D eigenvalue weighted by Gasteiger charge is -2.25. The highest BCUT2D eigenvalue weighted by Gasteiger charge is 2.16. The zero-order chi connectivity index (χ0) is 13.0. The van der Waals surface area contributed by atoms with Crippen LogP contribution in [-0.2, 0) is 5.88 Å². The highest BCUT2D eigenvalue weighted by Crippen LogP contribution is 2.31. The summed E-state index contributed by atoms with van der Waals surface area (Å²) in [5.41, 5.74) is 0. The van der Waals surface area contributed by atoms with E-state index in [9.17, 15) is 0 Å². The standard InChI is InChI=1S/C12H20Cl2N2S/c1-8(2)6-16(7-9(3)4)12-15-11(14)10(5-13)17-12/h8-9H,5-7H2,1-4H3. The number of nitrogens with zero attached hydrogens (tertiary/aromatic N) is 2. The molecular weight excluding hydrogens is 275 g/mol. The van der Waals surface area contributed by atoms with Gasteiger partial charge in [-0.05, 0) is 11.8 Å². The van der Waals surface area contributed by atoms with Crippen molar-refractivity contribution in [1.82, 2.24) is 4.98 Å². The van der Waals surface area contributed by atoms with Crippen LogP contribution in [0.2, 0.25) is 5.15 Å². The van der Waals surface area contributed by atoms with Gasteiger partial charge in [-0.15, -0.1) is 11.6 Å². The summed E-state index contributed by atoms with van der Waals surface area (Å²) in [4.78, 5) is 7.68. The molecule has 2 nitrogen and oxygen atoms in total. The Labute approximate surface area is 118 Å². The Hall–Kier alpha value is 0.01000. The number of hydrogen-bond donors (Lipinski definition) is 0. The second-order valence-electron chi connectivity index (χ2n) is 5.04. The van der Waals surface area contributed by atoms with Gasteiger partial charge < -0.3 is 4.90 Å². The van der Waals surface area contributed by atoms with Crippen molar-refractivity contribution in [2.75, 3.05) is 18.0 Å². The molecule has 98 valence electrons. The number of halogens is 2. The molecule has 0 bridgehead atoms. The molecule has 0 amide bonds. The van der Waals surface area contributed by atoms with Crippen LogP contribution in [-0.4, -0.2) is 18.1 Å². The second kappa shape index (κ2) is 6.81. The minimum absolute atomic E-state index is 0.438. The largest absolute Gasteiger partial charge is 0.348 e. The van der Waals surface area contributed by atoms with Gasteiger partial charge in [-0.25, -0.2) is 4.98 Å². The van der Waals surface area contributed by atoms with Crippen molar-refractivity contribution in [1.29, 1.82) is 0 Å². The third kappa shape index (κ3) is 4.65. The van der Waals surface area contributed by atoms with Crippen molar-refractivity contribution in [3.8, 4) is 0 Å². The van der Waals surface area contributed by atoms with Crippen molar-refractivity contribution in [2.24, 2.45) is 11.8 Å². The molecule has 1 rings (SSSR count). The molecule has 0 aliphatic heterocycles.